The molecule has 0 unspecified atom stereocenters. The SMILES string of the molecule is COc1c(Cl)cc(C(=O)N(C)[C@H]2CCNC2)cc1Cl. The molecule has 1 aliphatic heterocycles. The van der Waals surface area contributed by atoms with Crippen molar-refractivity contribution in [3.63, 3.8) is 0 Å². The van der Waals surface area contributed by atoms with Gasteiger partial charge in [0.15, 0.2) is 5.75 Å². The van der Waals surface area contributed by atoms with Gasteiger partial charge < -0.3 is 15.0 Å². The van der Waals surface area contributed by atoms with E-state index in [0.717, 1.165) is 19.5 Å². The van der Waals surface area contributed by atoms with Gasteiger partial charge in [0.25, 0.3) is 5.91 Å². The fraction of sp³-hybridized carbons (Fsp3) is 0.462. The number of hydrogen-bond acceptors (Lipinski definition) is 3. The van der Waals surface area contributed by atoms with Gasteiger partial charge in [-0.25, -0.2) is 0 Å². The number of nitrogens with one attached hydrogen (secondary N) is 1. The number of halogens is 2. The van der Waals surface area contributed by atoms with E-state index in [2.05, 4.69) is 5.32 Å². The molecule has 1 N–H and O–H groups in total. The van der Waals surface area contributed by atoms with Crippen molar-refractivity contribution < 1.29 is 9.53 Å². The van der Waals surface area contributed by atoms with Crippen LogP contribution in [-0.2, 0) is 0 Å². The van der Waals surface area contributed by atoms with Crippen LogP contribution in [0.1, 0.15) is 16.8 Å². The van der Waals surface area contributed by atoms with Gasteiger partial charge in [-0.2, -0.15) is 0 Å². The summed E-state index contributed by atoms with van der Waals surface area (Å²) in [5, 5.41) is 3.92. The zero-order chi connectivity index (χ0) is 14.0. The number of carbonyl (C=O) groups excluding carboxylic acids is 1. The molecule has 6 heteroatoms. The molecular weight excluding hydrogens is 287 g/mol. The maximum atomic E-state index is 12.4. The average Bonchev–Trinajstić information content (AvgIpc) is 2.90. The van der Waals surface area contributed by atoms with E-state index < -0.39 is 0 Å². The first kappa shape index (κ1) is 14.4. The molecule has 0 radical (unpaired) electrons. The molecule has 1 aromatic rings. The van der Waals surface area contributed by atoms with E-state index in [9.17, 15) is 4.79 Å². The van der Waals surface area contributed by atoms with Gasteiger partial charge in [-0.3, -0.25) is 4.79 Å². The van der Waals surface area contributed by atoms with E-state index in [1.807, 2.05) is 0 Å². The van der Waals surface area contributed by atoms with Gasteiger partial charge in [-0.1, -0.05) is 23.2 Å². The van der Waals surface area contributed by atoms with Crippen molar-refractivity contribution in [3.05, 3.63) is 27.7 Å². The highest BCUT2D eigenvalue weighted by molar-refractivity contribution is 6.37. The Morgan fingerprint density at radius 3 is 2.53 bits per heavy atom. The first-order chi connectivity index (χ1) is 9.04. The van der Waals surface area contributed by atoms with Crippen LogP contribution in [0.15, 0.2) is 12.1 Å². The average molecular weight is 303 g/mol. The topological polar surface area (TPSA) is 41.6 Å². The summed E-state index contributed by atoms with van der Waals surface area (Å²) in [6.07, 6.45) is 0.958. The summed E-state index contributed by atoms with van der Waals surface area (Å²) in [5.41, 5.74) is 0.477. The first-order valence-corrected chi connectivity index (χ1v) is 6.81. The van der Waals surface area contributed by atoms with Crippen molar-refractivity contribution in [1.82, 2.24) is 10.2 Å². The quantitative estimate of drug-likeness (QED) is 0.932. The van der Waals surface area contributed by atoms with Gasteiger partial charge in [-0.15, -0.1) is 0 Å². The summed E-state index contributed by atoms with van der Waals surface area (Å²) in [6.45, 7) is 1.76. The molecule has 0 aromatic heterocycles. The molecule has 0 bridgehead atoms. The molecule has 1 aliphatic rings. The summed E-state index contributed by atoms with van der Waals surface area (Å²) < 4.78 is 5.07. The van der Waals surface area contributed by atoms with Gasteiger partial charge >= 0.3 is 0 Å². The van der Waals surface area contributed by atoms with Crippen LogP contribution in [0.4, 0.5) is 0 Å². The molecular formula is C13H16Cl2N2O2. The van der Waals surface area contributed by atoms with Crippen molar-refractivity contribution in [2.75, 3.05) is 27.2 Å². The summed E-state index contributed by atoms with van der Waals surface area (Å²) in [6, 6.07) is 3.40. The highest BCUT2D eigenvalue weighted by Crippen LogP contribution is 2.34. The predicted octanol–water partition coefficient (Wildman–Crippen LogP) is 2.44. The summed E-state index contributed by atoms with van der Waals surface area (Å²) in [7, 11) is 3.29. The number of benzene rings is 1. The number of ether oxygens (including phenoxy) is 1. The third-order valence-electron chi connectivity index (χ3n) is 3.35. The van der Waals surface area contributed by atoms with Gasteiger partial charge in [0, 0.05) is 25.2 Å². The molecule has 1 heterocycles. The maximum Gasteiger partial charge on any atom is 0.253 e. The molecule has 1 aromatic carbocycles. The largest absolute Gasteiger partial charge is 0.494 e. The number of hydrogen-bond donors (Lipinski definition) is 1. The van der Waals surface area contributed by atoms with Gasteiger partial charge in [-0.05, 0) is 25.1 Å². The van der Waals surface area contributed by atoms with E-state index in [1.54, 1.807) is 24.1 Å². The van der Waals surface area contributed by atoms with E-state index >= 15 is 0 Å². The Labute approximate surface area is 122 Å². The molecule has 1 amide bonds. The molecule has 104 valence electrons. The molecule has 1 saturated heterocycles. The van der Waals surface area contributed by atoms with Crippen LogP contribution in [0.25, 0.3) is 0 Å². The standard InChI is InChI=1S/C13H16Cl2N2O2/c1-17(9-3-4-16-7-9)13(18)8-5-10(14)12(19-2)11(15)6-8/h5-6,9,16H,3-4,7H2,1-2H3/t9-/m0/s1. The summed E-state index contributed by atoms with van der Waals surface area (Å²) in [4.78, 5) is 14.1. The van der Waals surface area contributed by atoms with Crippen molar-refractivity contribution >= 4 is 29.1 Å². The maximum absolute atomic E-state index is 12.4. The van der Waals surface area contributed by atoms with Crippen LogP contribution in [0.5, 0.6) is 5.75 Å². The molecule has 19 heavy (non-hydrogen) atoms. The van der Waals surface area contributed by atoms with Gasteiger partial charge in [0.05, 0.1) is 17.2 Å². The molecule has 0 saturated carbocycles. The number of nitrogens with zero attached hydrogens (tertiary/aromatic N) is 1. The fourth-order valence-corrected chi connectivity index (χ4v) is 2.86. The molecule has 0 spiro atoms. The number of likely N-dealkylation sites (N-methyl/N-ethyl adjacent to an activating group) is 1. The molecule has 2 rings (SSSR count). The highest BCUT2D eigenvalue weighted by Gasteiger charge is 2.25. The number of amides is 1. The van der Waals surface area contributed by atoms with Gasteiger partial charge in [0.1, 0.15) is 0 Å². The normalized spacial score (nSPS) is 18.4. The second-order valence-corrected chi connectivity index (χ2v) is 5.35. The Balaban J connectivity index is 2.23. The van der Waals surface area contributed by atoms with Crippen molar-refractivity contribution in [1.29, 1.82) is 0 Å². The Hall–Kier alpha value is -0.970. The minimum Gasteiger partial charge on any atom is -0.494 e. The number of carbonyl (C=O) groups is 1. The van der Waals surface area contributed by atoms with E-state index in [1.165, 1.54) is 7.11 Å². The summed E-state index contributed by atoms with van der Waals surface area (Å²) >= 11 is 12.1. The Bertz CT molecular complexity index is 465. The Morgan fingerprint density at radius 1 is 1.42 bits per heavy atom. The van der Waals surface area contributed by atoms with Crippen LogP contribution in [0, 0.1) is 0 Å². The first-order valence-electron chi connectivity index (χ1n) is 6.05. The van der Waals surface area contributed by atoms with Crippen LogP contribution >= 0.6 is 23.2 Å². The molecule has 0 aliphatic carbocycles. The minimum absolute atomic E-state index is 0.0832. The van der Waals surface area contributed by atoms with Crippen LogP contribution in [0.3, 0.4) is 0 Å². The van der Waals surface area contributed by atoms with E-state index in [0.29, 0.717) is 21.4 Å². The number of rotatable bonds is 3. The fourth-order valence-electron chi connectivity index (χ4n) is 2.22. The van der Waals surface area contributed by atoms with Crippen molar-refractivity contribution in [2.45, 2.75) is 12.5 Å². The lowest BCUT2D eigenvalue weighted by atomic mass is 10.1. The van der Waals surface area contributed by atoms with E-state index in [-0.39, 0.29) is 11.9 Å². The van der Waals surface area contributed by atoms with Crippen molar-refractivity contribution in [3.8, 4) is 5.75 Å². The molecule has 1 atom stereocenters. The lowest BCUT2D eigenvalue weighted by Crippen LogP contribution is -2.38. The smallest absolute Gasteiger partial charge is 0.253 e. The Morgan fingerprint density at radius 2 is 2.05 bits per heavy atom. The molecule has 1 fully saturated rings. The second-order valence-electron chi connectivity index (χ2n) is 4.54. The summed E-state index contributed by atoms with van der Waals surface area (Å²) in [5.74, 6) is 0.310. The van der Waals surface area contributed by atoms with Crippen LogP contribution in [-0.4, -0.2) is 44.1 Å². The third kappa shape index (κ3) is 2.96. The van der Waals surface area contributed by atoms with Crippen LogP contribution in [0.2, 0.25) is 10.0 Å². The third-order valence-corrected chi connectivity index (χ3v) is 3.91. The zero-order valence-corrected chi connectivity index (χ0v) is 12.4. The minimum atomic E-state index is -0.0832. The second kappa shape index (κ2) is 5.99. The lowest BCUT2D eigenvalue weighted by Gasteiger charge is -2.24. The molecule has 4 nitrogen and oxygen atoms in total. The van der Waals surface area contributed by atoms with Gasteiger partial charge in [0.2, 0.25) is 0 Å². The predicted molar refractivity (Wildman–Crippen MR) is 76.4 cm³/mol. The lowest BCUT2D eigenvalue weighted by molar-refractivity contribution is 0.0744. The van der Waals surface area contributed by atoms with Crippen LogP contribution < -0.4 is 10.1 Å². The highest BCUT2D eigenvalue weighted by atomic mass is 35.5. The zero-order valence-electron chi connectivity index (χ0n) is 10.9. The monoisotopic (exact) mass is 302 g/mol. The van der Waals surface area contributed by atoms with Crippen molar-refractivity contribution in [2.24, 2.45) is 0 Å². The Kier molecular flexibility index (Phi) is 4.55. The number of methoxy groups -OCH3 is 1. The van der Waals surface area contributed by atoms with E-state index in [4.69, 9.17) is 27.9 Å².